The zero-order valence-corrected chi connectivity index (χ0v) is 6.11. The van der Waals surface area contributed by atoms with Gasteiger partial charge in [0.2, 0.25) is 0 Å². The van der Waals surface area contributed by atoms with Crippen LogP contribution in [0, 0.1) is 0 Å². The van der Waals surface area contributed by atoms with Crippen LogP contribution in [0.3, 0.4) is 0 Å². The summed E-state index contributed by atoms with van der Waals surface area (Å²) in [5.41, 5.74) is 1.83. The van der Waals surface area contributed by atoms with Crippen molar-refractivity contribution >= 4 is 21.8 Å². The number of rotatable bonds is 0. The SMILES string of the molecule is c1cc2nocc2c2[nH]ncc12. The first-order valence-corrected chi connectivity index (χ1v) is 3.61. The monoisotopic (exact) mass is 159 g/mol. The van der Waals surface area contributed by atoms with E-state index in [2.05, 4.69) is 15.4 Å². The molecule has 0 unspecified atom stereocenters. The molecule has 2 aromatic heterocycles. The molecule has 0 aliphatic heterocycles. The van der Waals surface area contributed by atoms with Crippen LogP contribution in [0.1, 0.15) is 0 Å². The Morgan fingerprint density at radius 3 is 3.33 bits per heavy atom. The molecule has 4 nitrogen and oxygen atoms in total. The molecule has 0 amide bonds. The Morgan fingerprint density at radius 1 is 1.33 bits per heavy atom. The lowest BCUT2D eigenvalue weighted by molar-refractivity contribution is 0.428. The molecule has 4 heteroatoms. The maximum absolute atomic E-state index is 4.84. The highest BCUT2D eigenvalue weighted by atomic mass is 16.5. The van der Waals surface area contributed by atoms with E-state index in [1.807, 2.05) is 12.1 Å². The van der Waals surface area contributed by atoms with Gasteiger partial charge in [-0.05, 0) is 12.1 Å². The molecule has 0 fully saturated rings. The smallest absolute Gasteiger partial charge is 0.133 e. The molecule has 0 aliphatic carbocycles. The van der Waals surface area contributed by atoms with Crippen molar-refractivity contribution in [1.29, 1.82) is 0 Å². The van der Waals surface area contributed by atoms with Gasteiger partial charge in [0.15, 0.2) is 0 Å². The van der Waals surface area contributed by atoms with Crippen molar-refractivity contribution < 1.29 is 4.52 Å². The summed E-state index contributed by atoms with van der Waals surface area (Å²) >= 11 is 0. The number of hydrogen-bond acceptors (Lipinski definition) is 3. The van der Waals surface area contributed by atoms with E-state index in [1.165, 1.54) is 0 Å². The Labute approximate surface area is 67.2 Å². The minimum Gasteiger partial charge on any atom is -0.363 e. The minimum absolute atomic E-state index is 0.853. The second kappa shape index (κ2) is 1.85. The van der Waals surface area contributed by atoms with Crippen LogP contribution in [0.15, 0.2) is 29.1 Å². The maximum atomic E-state index is 4.84. The molecule has 12 heavy (non-hydrogen) atoms. The number of aromatic amines is 1. The van der Waals surface area contributed by atoms with E-state index in [1.54, 1.807) is 12.5 Å². The van der Waals surface area contributed by atoms with Crippen LogP contribution in [-0.2, 0) is 0 Å². The van der Waals surface area contributed by atoms with Crippen molar-refractivity contribution in [2.24, 2.45) is 0 Å². The molecule has 0 saturated carbocycles. The van der Waals surface area contributed by atoms with Crippen LogP contribution in [0.25, 0.3) is 21.8 Å². The summed E-state index contributed by atoms with van der Waals surface area (Å²) in [6.07, 6.45) is 3.40. The number of fused-ring (bicyclic) bond motifs is 3. The topological polar surface area (TPSA) is 54.7 Å². The number of benzene rings is 1. The molecule has 0 atom stereocenters. The Bertz CT molecular complexity index is 487. The fourth-order valence-corrected chi connectivity index (χ4v) is 1.36. The minimum atomic E-state index is 0.853. The number of nitrogens with zero attached hydrogens (tertiary/aromatic N) is 2. The van der Waals surface area contributed by atoms with Crippen molar-refractivity contribution in [3.05, 3.63) is 24.6 Å². The highest BCUT2D eigenvalue weighted by molar-refractivity contribution is 6.02. The van der Waals surface area contributed by atoms with Gasteiger partial charge in [-0.3, -0.25) is 5.10 Å². The third-order valence-electron chi connectivity index (χ3n) is 1.96. The first kappa shape index (κ1) is 5.77. The number of H-pyrrole nitrogens is 1. The van der Waals surface area contributed by atoms with Gasteiger partial charge in [0, 0.05) is 5.39 Å². The van der Waals surface area contributed by atoms with E-state index >= 15 is 0 Å². The predicted octanol–water partition coefficient (Wildman–Crippen LogP) is 1.70. The molecule has 0 saturated heterocycles. The Hall–Kier alpha value is -1.84. The van der Waals surface area contributed by atoms with Gasteiger partial charge < -0.3 is 4.52 Å². The van der Waals surface area contributed by atoms with Gasteiger partial charge in [-0.1, -0.05) is 5.16 Å². The molecule has 0 aliphatic rings. The van der Waals surface area contributed by atoms with E-state index in [9.17, 15) is 0 Å². The van der Waals surface area contributed by atoms with Crippen molar-refractivity contribution in [3.63, 3.8) is 0 Å². The zero-order valence-electron chi connectivity index (χ0n) is 6.11. The molecule has 0 bridgehead atoms. The number of nitrogens with one attached hydrogen (secondary N) is 1. The Balaban J connectivity index is 2.71. The van der Waals surface area contributed by atoms with Crippen molar-refractivity contribution in [3.8, 4) is 0 Å². The molecule has 0 radical (unpaired) electrons. The largest absolute Gasteiger partial charge is 0.363 e. The molecule has 58 valence electrons. The lowest BCUT2D eigenvalue weighted by Gasteiger charge is -1.86. The zero-order chi connectivity index (χ0) is 7.97. The van der Waals surface area contributed by atoms with Gasteiger partial charge in [-0.15, -0.1) is 0 Å². The fraction of sp³-hybridized carbons (Fsp3) is 0. The van der Waals surface area contributed by atoms with Crippen LogP contribution in [0.5, 0.6) is 0 Å². The molecule has 1 aromatic carbocycles. The van der Waals surface area contributed by atoms with Crippen molar-refractivity contribution in [1.82, 2.24) is 15.4 Å². The fourth-order valence-electron chi connectivity index (χ4n) is 1.36. The van der Waals surface area contributed by atoms with Crippen LogP contribution >= 0.6 is 0 Å². The van der Waals surface area contributed by atoms with Gasteiger partial charge >= 0.3 is 0 Å². The lowest BCUT2D eigenvalue weighted by atomic mass is 10.2. The second-order valence-corrected chi connectivity index (χ2v) is 2.65. The van der Waals surface area contributed by atoms with Crippen molar-refractivity contribution in [2.75, 3.05) is 0 Å². The summed E-state index contributed by atoms with van der Waals surface area (Å²) in [5, 5.41) is 12.7. The van der Waals surface area contributed by atoms with Crippen LogP contribution in [0.2, 0.25) is 0 Å². The normalized spacial score (nSPS) is 11.3. The highest BCUT2D eigenvalue weighted by Gasteiger charge is 2.03. The van der Waals surface area contributed by atoms with Crippen molar-refractivity contribution in [2.45, 2.75) is 0 Å². The molecular weight excluding hydrogens is 154 g/mol. The molecule has 3 aromatic rings. The summed E-state index contributed by atoms with van der Waals surface area (Å²) in [4.78, 5) is 0. The predicted molar refractivity (Wildman–Crippen MR) is 43.7 cm³/mol. The van der Waals surface area contributed by atoms with E-state index < -0.39 is 0 Å². The van der Waals surface area contributed by atoms with E-state index in [0.29, 0.717) is 0 Å². The third-order valence-corrected chi connectivity index (χ3v) is 1.96. The summed E-state index contributed by atoms with van der Waals surface area (Å²) in [7, 11) is 0. The first-order valence-electron chi connectivity index (χ1n) is 3.61. The summed E-state index contributed by atoms with van der Waals surface area (Å²) in [6.45, 7) is 0. The molecule has 0 spiro atoms. The van der Waals surface area contributed by atoms with Gasteiger partial charge in [0.05, 0.1) is 17.1 Å². The summed E-state index contributed by atoms with van der Waals surface area (Å²) < 4.78 is 4.84. The summed E-state index contributed by atoms with van der Waals surface area (Å²) in [6, 6.07) is 3.88. The van der Waals surface area contributed by atoms with E-state index in [0.717, 1.165) is 21.8 Å². The molecule has 2 heterocycles. The second-order valence-electron chi connectivity index (χ2n) is 2.65. The molecular formula is C8H5N3O. The van der Waals surface area contributed by atoms with Gasteiger partial charge in [0.25, 0.3) is 0 Å². The van der Waals surface area contributed by atoms with Crippen LogP contribution in [0.4, 0.5) is 0 Å². The highest BCUT2D eigenvalue weighted by Crippen LogP contribution is 2.21. The number of aromatic nitrogens is 3. The Morgan fingerprint density at radius 2 is 2.33 bits per heavy atom. The average molecular weight is 159 g/mol. The number of hydrogen-bond donors (Lipinski definition) is 1. The van der Waals surface area contributed by atoms with Crippen LogP contribution in [-0.4, -0.2) is 15.4 Å². The van der Waals surface area contributed by atoms with E-state index in [4.69, 9.17) is 4.52 Å². The van der Waals surface area contributed by atoms with E-state index in [-0.39, 0.29) is 0 Å². The van der Waals surface area contributed by atoms with Gasteiger partial charge in [-0.2, -0.15) is 5.10 Å². The van der Waals surface area contributed by atoms with Crippen LogP contribution < -0.4 is 0 Å². The van der Waals surface area contributed by atoms with Gasteiger partial charge in [0.1, 0.15) is 11.8 Å². The standard InChI is InChI=1S/C8H5N3O/c1-2-7-6(4-12-11-7)8-5(1)3-9-10-8/h1-4H,(H,9,10). The quantitative estimate of drug-likeness (QED) is 0.543. The lowest BCUT2D eigenvalue weighted by Crippen LogP contribution is -1.70. The third kappa shape index (κ3) is 0.567. The first-order chi connectivity index (χ1) is 5.95. The average Bonchev–Trinajstić information content (AvgIpc) is 2.71. The van der Waals surface area contributed by atoms with Gasteiger partial charge in [-0.25, -0.2) is 0 Å². The maximum Gasteiger partial charge on any atom is 0.133 e. The molecule has 1 N–H and O–H groups in total. The Kier molecular flexibility index (Phi) is 0.889. The molecule has 3 rings (SSSR count). The summed E-state index contributed by atoms with van der Waals surface area (Å²) in [5.74, 6) is 0.